The maximum absolute atomic E-state index is 12.7. The van der Waals surface area contributed by atoms with Gasteiger partial charge >= 0.3 is 0 Å². The van der Waals surface area contributed by atoms with Gasteiger partial charge in [0.2, 0.25) is 5.91 Å². The first-order chi connectivity index (χ1) is 9.07. The molecule has 3 nitrogen and oxygen atoms in total. The predicted octanol–water partition coefficient (Wildman–Crippen LogP) is 2.90. The first kappa shape index (κ1) is 13.4. The summed E-state index contributed by atoms with van der Waals surface area (Å²) < 4.78 is 0. The van der Waals surface area contributed by atoms with Crippen molar-refractivity contribution in [2.75, 3.05) is 0 Å². The number of rotatable bonds is 3. The molecule has 1 N–H and O–H groups in total. The van der Waals surface area contributed by atoms with Crippen LogP contribution in [0.2, 0.25) is 0 Å². The average Bonchev–Trinajstić information content (AvgIpc) is 3.09. The van der Waals surface area contributed by atoms with E-state index < -0.39 is 0 Å². The number of carbonyl (C=O) groups excluding carboxylic acids is 1. The molecular formula is C16H28N2O. The quantitative estimate of drug-likeness (QED) is 0.850. The van der Waals surface area contributed by atoms with Crippen LogP contribution >= 0.6 is 0 Å². The normalized spacial score (nSPS) is 41.0. The molecule has 3 aliphatic rings. The largest absolute Gasteiger partial charge is 0.323 e. The summed E-state index contributed by atoms with van der Waals surface area (Å²) >= 11 is 0. The van der Waals surface area contributed by atoms with Crippen LogP contribution in [-0.4, -0.2) is 28.6 Å². The van der Waals surface area contributed by atoms with Gasteiger partial charge in [0.25, 0.3) is 0 Å². The van der Waals surface area contributed by atoms with Gasteiger partial charge < -0.3 is 4.90 Å². The van der Waals surface area contributed by atoms with Gasteiger partial charge in [-0.2, -0.15) is 0 Å². The SMILES string of the molecule is CCCC1NC2(CC2)C(=O)N1C1CCC(C)C(C)C1. The Hall–Kier alpha value is -0.570. The molecule has 3 fully saturated rings. The molecule has 1 heterocycles. The molecule has 19 heavy (non-hydrogen) atoms. The van der Waals surface area contributed by atoms with Crippen molar-refractivity contribution < 1.29 is 4.79 Å². The molecule has 0 radical (unpaired) electrons. The van der Waals surface area contributed by atoms with E-state index >= 15 is 0 Å². The maximum atomic E-state index is 12.7. The van der Waals surface area contributed by atoms with E-state index in [4.69, 9.17) is 0 Å². The predicted molar refractivity (Wildman–Crippen MR) is 76.6 cm³/mol. The highest BCUT2D eigenvalue weighted by Gasteiger charge is 2.60. The standard InChI is InChI=1S/C16H28N2O/c1-4-5-14-17-16(8-9-16)15(19)18(14)13-7-6-11(2)12(3)10-13/h11-14,17H,4-10H2,1-3H3. The zero-order valence-corrected chi connectivity index (χ0v) is 12.6. The molecule has 108 valence electrons. The molecule has 4 atom stereocenters. The third kappa shape index (κ3) is 2.20. The molecule has 2 aliphatic carbocycles. The van der Waals surface area contributed by atoms with E-state index in [-0.39, 0.29) is 5.54 Å². The van der Waals surface area contributed by atoms with Crippen LogP contribution in [0.4, 0.5) is 0 Å². The summed E-state index contributed by atoms with van der Waals surface area (Å²) in [5.74, 6) is 1.99. The molecule has 0 aromatic heterocycles. The lowest BCUT2D eigenvalue weighted by Gasteiger charge is -2.39. The molecule has 3 rings (SSSR count). The van der Waals surface area contributed by atoms with Gasteiger partial charge in [-0.25, -0.2) is 0 Å². The van der Waals surface area contributed by atoms with Crippen LogP contribution in [0.1, 0.15) is 65.7 Å². The zero-order chi connectivity index (χ0) is 13.6. The van der Waals surface area contributed by atoms with Gasteiger partial charge in [0, 0.05) is 6.04 Å². The molecule has 3 heteroatoms. The minimum Gasteiger partial charge on any atom is -0.323 e. The molecule has 4 unspecified atom stereocenters. The fourth-order valence-corrected chi connectivity index (χ4v) is 4.00. The van der Waals surface area contributed by atoms with E-state index in [0.717, 1.165) is 37.5 Å². The van der Waals surface area contributed by atoms with Crippen LogP contribution in [0.3, 0.4) is 0 Å². The van der Waals surface area contributed by atoms with Gasteiger partial charge in [0.05, 0.1) is 11.7 Å². The van der Waals surface area contributed by atoms with Crippen LogP contribution in [0.25, 0.3) is 0 Å². The summed E-state index contributed by atoms with van der Waals surface area (Å²) in [5.41, 5.74) is -0.133. The highest BCUT2D eigenvalue weighted by molar-refractivity contribution is 5.92. The van der Waals surface area contributed by atoms with E-state index in [1.165, 1.54) is 19.3 Å². The van der Waals surface area contributed by atoms with Crippen molar-refractivity contribution in [3.8, 4) is 0 Å². The van der Waals surface area contributed by atoms with Crippen LogP contribution in [-0.2, 0) is 4.79 Å². The number of amides is 1. The van der Waals surface area contributed by atoms with Crippen molar-refractivity contribution in [2.24, 2.45) is 11.8 Å². The Morgan fingerprint density at radius 2 is 2.00 bits per heavy atom. The van der Waals surface area contributed by atoms with Crippen molar-refractivity contribution in [1.29, 1.82) is 0 Å². The highest BCUT2D eigenvalue weighted by Crippen LogP contribution is 2.45. The van der Waals surface area contributed by atoms with E-state index in [2.05, 4.69) is 31.0 Å². The fraction of sp³-hybridized carbons (Fsp3) is 0.938. The monoisotopic (exact) mass is 264 g/mol. The average molecular weight is 264 g/mol. The third-order valence-corrected chi connectivity index (χ3v) is 5.70. The molecule has 1 spiro atoms. The van der Waals surface area contributed by atoms with Crippen molar-refractivity contribution in [3.63, 3.8) is 0 Å². The molecule has 0 bridgehead atoms. The van der Waals surface area contributed by atoms with E-state index in [1.54, 1.807) is 0 Å². The molecule has 2 saturated carbocycles. The first-order valence-electron chi connectivity index (χ1n) is 8.18. The van der Waals surface area contributed by atoms with Crippen LogP contribution in [0.15, 0.2) is 0 Å². The number of nitrogens with zero attached hydrogens (tertiary/aromatic N) is 1. The second kappa shape index (κ2) is 4.76. The first-order valence-corrected chi connectivity index (χ1v) is 8.18. The second-order valence-corrected chi connectivity index (χ2v) is 7.16. The minimum absolute atomic E-state index is 0.133. The van der Waals surface area contributed by atoms with Gasteiger partial charge in [-0.05, 0) is 50.4 Å². The summed E-state index contributed by atoms with van der Waals surface area (Å²) in [5, 5.41) is 3.64. The topological polar surface area (TPSA) is 32.3 Å². The molecule has 0 aromatic rings. The van der Waals surface area contributed by atoms with E-state index in [9.17, 15) is 4.79 Å². The van der Waals surface area contributed by atoms with Crippen LogP contribution in [0, 0.1) is 11.8 Å². The van der Waals surface area contributed by atoms with Gasteiger partial charge in [-0.3, -0.25) is 10.1 Å². The van der Waals surface area contributed by atoms with Gasteiger partial charge in [-0.15, -0.1) is 0 Å². The number of carbonyl (C=O) groups is 1. The Morgan fingerprint density at radius 1 is 1.26 bits per heavy atom. The Balaban J connectivity index is 1.75. The zero-order valence-electron chi connectivity index (χ0n) is 12.6. The minimum atomic E-state index is -0.133. The maximum Gasteiger partial charge on any atom is 0.244 e. The Morgan fingerprint density at radius 3 is 2.58 bits per heavy atom. The summed E-state index contributed by atoms with van der Waals surface area (Å²) in [6.45, 7) is 6.93. The van der Waals surface area contributed by atoms with Crippen molar-refractivity contribution in [3.05, 3.63) is 0 Å². The summed E-state index contributed by atoms with van der Waals surface area (Å²) in [6.07, 6.45) is 8.36. The second-order valence-electron chi connectivity index (χ2n) is 7.16. The summed E-state index contributed by atoms with van der Waals surface area (Å²) in [6, 6.07) is 0.489. The molecular weight excluding hydrogens is 236 g/mol. The fourth-order valence-electron chi connectivity index (χ4n) is 4.00. The lowest BCUT2D eigenvalue weighted by atomic mass is 9.78. The van der Waals surface area contributed by atoms with Gasteiger partial charge in [0.15, 0.2) is 0 Å². The number of nitrogens with one attached hydrogen (secondary N) is 1. The molecule has 1 amide bonds. The highest BCUT2D eigenvalue weighted by atomic mass is 16.2. The smallest absolute Gasteiger partial charge is 0.244 e. The summed E-state index contributed by atoms with van der Waals surface area (Å²) in [7, 11) is 0. The van der Waals surface area contributed by atoms with Crippen molar-refractivity contribution in [1.82, 2.24) is 10.2 Å². The Labute approximate surface area is 117 Å². The Bertz CT molecular complexity index is 364. The van der Waals surface area contributed by atoms with Crippen LogP contribution < -0.4 is 5.32 Å². The van der Waals surface area contributed by atoms with Crippen molar-refractivity contribution >= 4 is 5.91 Å². The number of hydrogen-bond acceptors (Lipinski definition) is 2. The molecule has 1 aliphatic heterocycles. The lowest BCUT2D eigenvalue weighted by molar-refractivity contribution is -0.134. The van der Waals surface area contributed by atoms with E-state index in [1.807, 2.05) is 0 Å². The summed E-state index contributed by atoms with van der Waals surface area (Å²) in [4.78, 5) is 15.0. The van der Waals surface area contributed by atoms with Crippen LogP contribution in [0.5, 0.6) is 0 Å². The van der Waals surface area contributed by atoms with Gasteiger partial charge in [-0.1, -0.05) is 27.2 Å². The molecule has 1 saturated heterocycles. The van der Waals surface area contributed by atoms with E-state index in [0.29, 0.717) is 18.1 Å². The number of hydrogen-bond donors (Lipinski definition) is 1. The Kier molecular flexibility index (Phi) is 3.36. The van der Waals surface area contributed by atoms with Gasteiger partial charge in [0.1, 0.15) is 0 Å². The third-order valence-electron chi connectivity index (χ3n) is 5.70. The lowest BCUT2D eigenvalue weighted by Crippen LogP contribution is -2.47. The van der Waals surface area contributed by atoms with Crippen molar-refractivity contribution in [2.45, 2.75) is 83.5 Å². The molecule has 0 aromatic carbocycles.